The van der Waals surface area contributed by atoms with Crippen molar-refractivity contribution in [3.8, 4) is 0 Å². The van der Waals surface area contributed by atoms with Crippen LogP contribution in [-0.2, 0) is 0 Å². The molecule has 0 aliphatic carbocycles. The highest BCUT2D eigenvalue weighted by Crippen LogP contribution is 2.39. The molecule has 0 bridgehead atoms. The average molecular weight is 346 g/mol. The molecule has 0 N–H and O–H groups in total. The number of nitrogens with zero attached hydrogens (tertiary/aromatic N) is 1. The number of carbonyl (C=O) groups is 1. The van der Waals surface area contributed by atoms with Crippen LogP contribution in [0.15, 0.2) is 48.5 Å². The van der Waals surface area contributed by atoms with E-state index in [9.17, 15) is 4.79 Å². The number of hydrogen-bond donors (Lipinski definition) is 0. The van der Waals surface area contributed by atoms with E-state index in [1.807, 2.05) is 28.8 Å². The molecule has 23 heavy (non-hydrogen) atoms. The summed E-state index contributed by atoms with van der Waals surface area (Å²) in [5, 5.41) is 0.684. The number of carbonyl (C=O) groups excluding carboxylic acids is 1. The van der Waals surface area contributed by atoms with E-state index in [-0.39, 0.29) is 11.3 Å². The summed E-state index contributed by atoms with van der Waals surface area (Å²) in [6, 6.07) is 15.8. The third-order valence-electron chi connectivity index (χ3n) is 4.11. The summed E-state index contributed by atoms with van der Waals surface area (Å²) >= 11 is 7.84. The molecule has 1 heterocycles. The Balaban J connectivity index is 1.83. The number of halogens is 1. The predicted octanol–water partition coefficient (Wildman–Crippen LogP) is 5.35. The average Bonchev–Trinajstić information content (AvgIpc) is 3.03. The highest BCUT2D eigenvalue weighted by molar-refractivity contribution is 7.99. The lowest BCUT2D eigenvalue weighted by Gasteiger charge is -2.24. The fourth-order valence-electron chi connectivity index (χ4n) is 2.79. The Morgan fingerprint density at radius 2 is 1.96 bits per heavy atom. The fraction of sp³-hybridized carbons (Fsp3) is 0.316. The van der Waals surface area contributed by atoms with E-state index in [0.29, 0.717) is 16.5 Å². The van der Waals surface area contributed by atoms with Crippen LogP contribution in [-0.4, -0.2) is 23.1 Å². The molecule has 2 aromatic rings. The summed E-state index contributed by atoms with van der Waals surface area (Å²) < 4.78 is 0. The lowest BCUT2D eigenvalue weighted by Crippen LogP contribution is -2.30. The Kier molecular flexibility index (Phi) is 4.98. The van der Waals surface area contributed by atoms with Crippen molar-refractivity contribution in [1.82, 2.24) is 4.90 Å². The first-order chi connectivity index (χ1) is 11.1. The van der Waals surface area contributed by atoms with Gasteiger partial charge in [0.2, 0.25) is 0 Å². The van der Waals surface area contributed by atoms with E-state index in [1.54, 1.807) is 12.1 Å². The Bertz CT molecular complexity index is 699. The molecule has 2 aromatic carbocycles. The van der Waals surface area contributed by atoms with Gasteiger partial charge in [-0.25, -0.2) is 0 Å². The van der Waals surface area contributed by atoms with Crippen LogP contribution < -0.4 is 0 Å². The lowest BCUT2D eigenvalue weighted by atomic mass is 10.0. The van der Waals surface area contributed by atoms with Crippen molar-refractivity contribution in [1.29, 1.82) is 0 Å². The normalized spacial score (nSPS) is 17.7. The van der Waals surface area contributed by atoms with Crippen molar-refractivity contribution in [2.45, 2.75) is 25.1 Å². The zero-order chi connectivity index (χ0) is 16.4. The molecule has 1 aliphatic heterocycles. The van der Waals surface area contributed by atoms with Crippen molar-refractivity contribution < 1.29 is 4.79 Å². The van der Waals surface area contributed by atoms with Crippen molar-refractivity contribution in [3.63, 3.8) is 0 Å². The van der Waals surface area contributed by atoms with Crippen LogP contribution in [0.25, 0.3) is 0 Å². The van der Waals surface area contributed by atoms with E-state index in [1.165, 1.54) is 11.1 Å². The Morgan fingerprint density at radius 1 is 1.22 bits per heavy atom. The maximum absolute atomic E-state index is 12.8. The van der Waals surface area contributed by atoms with Crippen molar-refractivity contribution >= 4 is 29.3 Å². The van der Waals surface area contributed by atoms with Crippen LogP contribution >= 0.6 is 23.4 Å². The predicted molar refractivity (Wildman–Crippen MR) is 98.2 cm³/mol. The molecule has 1 unspecified atom stereocenters. The maximum atomic E-state index is 12.8. The van der Waals surface area contributed by atoms with Crippen LogP contribution in [0.5, 0.6) is 0 Å². The van der Waals surface area contributed by atoms with Gasteiger partial charge in [0.1, 0.15) is 5.37 Å². The van der Waals surface area contributed by atoms with E-state index < -0.39 is 0 Å². The van der Waals surface area contributed by atoms with Gasteiger partial charge >= 0.3 is 0 Å². The van der Waals surface area contributed by atoms with Crippen LogP contribution in [0.1, 0.15) is 46.6 Å². The van der Waals surface area contributed by atoms with Crippen LogP contribution in [0.3, 0.4) is 0 Å². The van der Waals surface area contributed by atoms with Gasteiger partial charge in [0.25, 0.3) is 5.91 Å². The van der Waals surface area contributed by atoms with E-state index in [4.69, 9.17) is 11.6 Å². The number of thioether (sulfide) groups is 1. The fourth-order valence-corrected chi connectivity index (χ4v) is 4.23. The van der Waals surface area contributed by atoms with Crippen molar-refractivity contribution in [2.24, 2.45) is 0 Å². The largest absolute Gasteiger partial charge is 0.322 e. The van der Waals surface area contributed by atoms with Crippen molar-refractivity contribution in [2.75, 3.05) is 12.3 Å². The summed E-state index contributed by atoms with van der Waals surface area (Å²) in [7, 11) is 0. The summed E-state index contributed by atoms with van der Waals surface area (Å²) in [6.07, 6.45) is 0. The van der Waals surface area contributed by atoms with Gasteiger partial charge in [0.05, 0.1) is 0 Å². The first-order valence-corrected chi connectivity index (χ1v) is 9.27. The molecule has 0 radical (unpaired) electrons. The minimum atomic E-state index is 0.0513. The summed E-state index contributed by atoms with van der Waals surface area (Å²) in [5.41, 5.74) is 3.17. The molecule has 2 nitrogen and oxygen atoms in total. The Hall–Kier alpha value is -1.45. The minimum absolute atomic E-state index is 0.0513. The van der Waals surface area contributed by atoms with Gasteiger partial charge in [-0.3, -0.25) is 4.79 Å². The standard InChI is InChI=1S/C19H20ClNOS/c1-13(2)14-6-8-15(9-7-14)19-21(10-11-23-19)18(22)16-4-3-5-17(20)12-16/h3-9,12-13,19H,10-11H2,1-2H3. The molecule has 1 fully saturated rings. The van der Waals surface area contributed by atoms with Gasteiger partial charge in [-0.05, 0) is 35.2 Å². The summed E-state index contributed by atoms with van der Waals surface area (Å²) in [6.45, 7) is 5.15. The maximum Gasteiger partial charge on any atom is 0.255 e. The molecule has 1 aliphatic rings. The number of amides is 1. The molecule has 1 saturated heterocycles. The molecule has 0 aromatic heterocycles. The first-order valence-electron chi connectivity index (χ1n) is 7.84. The molecule has 3 rings (SSSR count). The van der Waals surface area contributed by atoms with E-state index in [2.05, 4.69) is 38.1 Å². The zero-order valence-corrected chi connectivity index (χ0v) is 14.9. The number of hydrogen-bond acceptors (Lipinski definition) is 2. The van der Waals surface area contributed by atoms with Gasteiger partial charge in [0, 0.05) is 22.9 Å². The lowest BCUT2D eigenvalue weighted by molar-refractivity contribution is 0.0760. The van der Waals surface area contributed by atoms with Crippen LogP contribution in [0.4, 0.5) is 0 Å². The van der Waals surface area contributed by atoms with Crippen LogP contribution in [0.2, 0.25) is 5.02 Å². The second-order valence-electron chi connectivity index (χ2n) is 6.05. The quantitative estimate of drug-likeness (QED) is 0.747. The summed E-state index contributed by atoms with van der Waals surface area (Å²) in [4.78, 5) is 14.8. The van der Waals surface area contributed by atoms with Gasteiger partial charge in [-0.2, -0.15) is 0 Å². The monoisotopic (exact) mass is 345 g/mol. The molecule has 1 atom stereocenters. The highest BCUT2D eigenvalue weighted by Gasteiger charge is 2.31. The third kappa shape index (κ3) is 3.56. The molecular formula is C19H20ClNOS. The number of rotatable bonds is 3. The SMILES string of the molecule is CC(C)c1ccc(C2SCCN2C(=O)c2cccc(Cl)c2)cc1. The second-order valence-corrected chi connectivity index (χ2v) is 7.68. The third-order valence-corrected chi connectivity index (χ3v) is 5.61. The van der Waals surface area contributed by atoms with Crippen LogP contribution in [0, 0.1) is 0 Å². The Labute approximate surface area is 146 Å². The van der Waals surface area contributed by atoms with Crippen molar-refractivity contribution in [3.05, 3.63) is 70.2 Å². The Morgan fingerprint density at radius 3 is 2.61 bits per heavy atom. The smallest absolute Gasteiger partial charge is 0.255 e. The molecule has 4 heteroatoms. The molecule has 1 amide bonds. The molecule has 0 spiro atoms. The number of benzene rings is 2. The minimum Gasteiger partial charge on any atom is -0.322 e. The second kappa shape index (κ2) is 6.98. The topological polar surface area (TPSA) is 20.3 Å². The van der Waals surface area contributed by atoms with Gasteiger partial charge in [0.15, 0.2) is 0 Å². The van der Waals surface area contributed by atoms with Gasteiger partial charge in [-0.1, -0.05) is 55.8 Å². The summed E-state index contributed by atoms with van der Waals surface area (Å²) in [5.74, 6) is 1.53. The van der Waals surface area contributed by atoms with E-state index >= 15 is 0 Å². The molecule has 120 valence electrons. The van der Waals surface area contributed by atoms with Gasteiger partial charge in [-0.15, -0.1) is 11.8 Å². The molecule has 0 saturated carbocycles. The zero-order valence-electron chi connectivity index (χ0n) is 13.3. The van der Waals surface area contributed by atoms with E-state index in [0.717, 1.165) is 12.3 Å². The highest BCUT2D eigenvalue weighted by atomic mass is 35.5. The first kappa shape index (κ1) is 16.4. The molecular weight excluding hydrogens is 326 g/mol. The van der Waals surface area contributed by atoms with Gasteiger partial charge < -0.3 is 4.90 Å².